The molecule has 4 rings (SSSR count). The van der Waals surface area contributed by atoms with Crippen LogP contribution in [0.15, 0.2) is 73.1 Å². The minimum absolute atomic E-state index is 0.204. The fraction of sp³-hybridized carbons (Fsp3) is 0.167. The van der Waals surface area contributed by atoms with E-state index in [4.69, 9.17) is 0 Å². The van der Waals surface area contributed by atoms with Crippen molar-refractivity contribution in [2.24, 2.45) is 0 Å². The van der Waals surface area contributed by atoms with E-state index < -0.39 is 17.2 Å². The lowest BCUT2D eigenvalue weighted by atomic mass is 9.94. The third-order valence-corrected chi connectivity index (χ3v) is 5.16. The zero-order chi connectivity index (χ0) is 21.3. The molecule has 0 aliphatic rings. The van der Waals surface area contributed by atoms with Gasteiger partial charge in [-0.2, -0.15) is 0 Å². The molecule has 0 saturated heterocycles. The van der Waals surface area contributed by atoms with E-state index >= 15 is 0 Å². The Kier molecular flexibility index (Phi) is 5.08. The topological polar surface area (TPSA) is 46.9 Å². The van der Waals surface area contributed by atoms with E-state index in [1.54, 1.807) is 29.1 Å². The van der Waals surface area contributed by atoms with E-state index in [2.05, 4.69) is 10.3 Å². The molecule has 6 heteroatoms. The van der Waals surface area contributed by atoms with E-state index in [1.807, 2.05) is 44.2 Å². The highest BCUT2D eigenvalue weighted by Gasteiger charge is 2.23. The van der Waals surface area contributed by atoms with E-state index in [-0.39, 0.29) is 12.5 Å². The molecule has 4 aromatic rings. The van der Waals surface area contributed by atoms with Crippen molar-refractivity contribution >= 4 is 16.9 Å². The first-order valence-corrected chi connectivity index (χ1v) is 9.60. The maximum atomic E-state index is 14.0. The van der Waals surface area contributed by atoms with Crippen LogP contribution in [0.3, 0.4) is 0 Å². The van der Waals surface area contributed by atoms with Crippen molar-refractivity contribution in [3.8, 4) is 0 Å². The van der Waals surface area contributed by atoms with Gasteiger partial charge in [0.25, 0.3) is 5.91 Å². The Morgan fingerprint density at radius 2 is 1.80 bits per heavy atom. The summed E-state index contributed by atoms with van der Waals surface area (Å²) in [6.45, 7) is 4.12. The van der Waals surface area contributed by atoms with Crippen molar-refractivity contribution in [3.05, 3.63) is 101 Å². The van der Waals surface area contributed by atoms with Gasteiger partial charge in [-0.15, -0.1) is 0 Å². The number of nitrogens with one attached hydrogen (secondary N) is 1. The monoisotopic (exact) mass is 405 g/mol. The van der Waals surface area contributed by atoms with Crippen molar-refractivity contribution in [2.75, 3.05) is 0 Å². The van der Waals surface area contributed by atoms with Crippen LogP contribution < -0.4 is 5.32 Å². The molecular weight excluding hydrogens is 384 g/mol. The summed E-state index contributed by atoms with van der Waals surface area (Å²) in [5, 5.41) is 3.05. The first-order valence-electron chi connectivity index (χ1n) is 9.60. The predicted molar refractivity (Wildman–Crippen MR) is 112 cm³/mol. The molecular formula is C24H21F2N3O. The number of benzene rings is 3. The Morgan fingerprint density at radius 3 is 2.53 bits per heavy atom. The maximum Gasteiger partial charge on any atom is 0.252 e. The maximum absolute atomic E-state index is 14.0. The van der Waals surface area contributed by atoms with Crippen LogP contribution in [-0.2, 0) is 12.1 Å². The second kappa shape index (κ2) is 7.71. The Morgan fingerprint density at radius 1 is 1.03 bits per heavy atom. The minimum atomic E-state index is -0.610. The summed E-state index contributed by atoms with van der Waals surface area (Å²) >= 11 is 0. The van der Waals surface area contributed by atoms with Crippen molar-refractivity contribution in [2.45, 2.75) is 25.9 Å². The standard InChI is InChI=1S/C24H21F2N3O/c1-24(2,18-6-4-3-5-7-18)28-23(30)16-9-11-22-21(12-16)27-15-29(22)14-17-8-10-19(25)13-20(17)26/h3-13,15H,14H2,1-2H3,(H,28,30). The van der Waals surface area contributed by atoms with Crippen LogP contribution in [0.2, 0.25) is 0 Å². The highest BCUT2D eigenvalue weighted by atomic mass is 19.1. The quantitative estimate of drug-likeness (QED) is 0.506. The van der Waals surface area contributed by atoms with Crippen molar-refractivity contribution in [1.29, 1.82) is 0 Å². The molecule has 1 aromatic heterocycles. The molecule has 30 heavy (non-hydrogen) atoms. The summed E-state index contributed by atoms with van der Waals surface area (Å²) in [7, 11) is 0. The van der Waals surface area contributed by atoms with Gasteiger partial charge in [0.05, 0.1) is 29.4 Å². The minimum Gasteiger partial charge on any atom is -0.343 e. The van der Waals surface area contributed by atoms with Gasteiger partial charge in [0.1, 0.15) is 11.6 Å². The number of hydrogen-bond donors (Lipinski definition) is 1. The van der Waals surface area contributed by atoms with E-state index in [0.29, 0.717) is 16.6 Å². The van der Waals surface area contributed by atoms with Gasteiger partial charge in [-0.3, -0.25) is 4.79 Å². The summed E-state index contributed by atoms with van der Waals surface area (Å²) in [5.74, 6) is -1.42. The number of nitrogens with zero attached hydrogens (tertiary/aromatic N) is 2. The molecule has 3 aromatic carbocycles. The van der Waals surface area contributed by atoms with Gasteiger partial charge in [0.15, 0.2) is 0 Å². The SMILES string of the molecule is CC(C)(NC(=O)c1ccc2c(c1)ncn2Cc1ccc(F)cc1F)c1ccccc1. The lowest BCUT2D eigenvalue weighted by Gasteiger charge is -2.27. The lowest BCUT2D eigenvalue weighted by Crippen LogP contribution is -2.40. The Hall–Kier alpha value is -3.54. The van der Waals surface area contributed by atoms with Crippen molar-refractivity contribution in [3.63, 3.8) is 0 Å². The highest BCUT2D eigenvalue weighted by molar-refractivity contribution is 5.97. The van der Waals surface area contributed by atoms with Crippen LogP contribution in [0, 0.1) is 11.6 Å². The van der Waals surface area contributed by atoms with E-state index in [9.17, 15) is 13.6 Å². The molecule has 0 fully saturated rings. The van der Waals surface area contributed by atoms with Crippen LogP contribution in [0.5, 0.6) is 0 Å². The molecule has 0 bridgehead atoms. The summed E-state index contributed by atoms with van der Waals surface area (Å²) < 4.78 is 28.9. The van der Waals surface area contributed by atoms with E-state index in [0.717, 1.165) is 17.1 Å². The number of carbonyl (C=O) groups is 1. The molecule has 4 nitrogen and oxygen atoms in total. The summed E-state index contributed by atoms with van der Waals surface area (Å²) in [6, 6.07) is 18.5. The van der Waals surface area contributed by atoms with Gasteiger partial charge in [-0.05, 0) is 43.7 Å². The fourth-order valence-corrected chi connectivity index (χ4v) is 3.45. The molecule has 0 radical (unpaired) electrons. The molecule has 1 amide bonds. The second-order valence-corrected chi connectivity index (χ2v) is 7.76. The number of hydrogen-bond acceptors (Lipinski definition) is 2. The number of aromatic nitrogens is 2. The molecule has 0 aliphatic carbocycles. The highest BCUT2D eigenvalue weighted by Crippen LogP contribution is 2.22. The first-order chi connectivity index (χ1) is 14.3. The number of imidazole rings is 1. The fourth-order valence-electron chi connectivity index (χ4n) is 3.45. The predicted octanol–water partition coefficient (Wildman–Crippen LogP) is 5.03. The number of rotatable bonds is 5. The Labute approximate surface area is 173 Å². The van der Waals surface area contributed by atoms with Crippen LogP contribution >= 0.6 is 0 Å². The molecule has 1 N–H and O–H groups in total. The Bertz CT molecular complexity index is 1220. The average molecular weight is 405 g/mol. The number of amides is 1. The first kappa shape index (κ1) is 19.8. The Balaban J connectivity index is 1.56. The largest absolute Gasteiger partial charge is 0.343 e. The van der Waals surface area contributed by atoms with Gasteiger partial charge in [-0.25, -0.2) is 13.8 Å². The molecule has 0 spiro atoms. The molecule has 0 unspecified atom stereocenters. The molecule has 0 atom stereocenters. The normalized spacial score (nSPS) is 11.6. The zero-order valence-corrected chi connectivity index (χ0v) is 16.7. The third kappa shape index (κ3) is 3.94. The molecule has 1 heterocycles. The van der Waals surface area contributed by atoms with Crippen LogP contribution in [0.1, 0.15) is 35.3 Å². The van der Waals surface area contributed by atoms with Crippen molar-refractivity contribution < 1.29 is 13.6 Å². The number of halogens is 2. The van der Waals surface area contributed by atoms with Gasteiger partial charge in [0, 0.05) is 17.2 Å². The zero-order valence-electron chi connectivity index (χ0n) is 16.7. The van der Waals surface area contributed by atoms with Crippen molar-refractivity contribution in [1.82, 2.24) is 14.9 Å². The summed E-state index contributed by atoms with van der Waals surface area (Å²) in [6.07, 6.45) is 1.59. The second-order valence-electron chi connectivity index (χ2n) is 7.76. The van der Waals surface area contributed by atoms with Gasteiger partial charge in [0.2, 0.25) is 0 Å². The number of carbonyl (C=O) groups excluding carboxylic acids is 1. The molecule has 152 valence electrons. The van der Waals surface area contributed by atoms with Gasteiger partial charge < -0.3 is 9.88 Å². The van der Waals surface area contributed by atoms with Crippen LogP contribution in [0.25, 0.3) is 11.0 Å². The summed E-state index contributed by atoms with van der Waals surface area (Å²) in [5.41, 5.74) is 2.71. The third-order valence-electron chi connectivity index (χ3n) is 5.16. The molecule has 0 aliphatic heterocycles. The molecule has 0 saturated carbocycles. The van der Waals surface area contributed by atoms with Crippen LogP contribution in [0.4, 0.5) is 8.78 Å². The lowest BCUT2D eigenvalue weighted by molar-refractivity contribution is 0.0912. The van der Waals surface area contributed by atoms with E-state index in [1.165, 1.54) is 12.1 Å². The number of fused-ring (bicyclic) bond motifs is 1. The smallest absolute Gasteiger partial charge is 0.252 e. The summed E-state index contributed by atoms with van der Waals surface area (Å²) in [4.78, 5) is 17.2. The van der Waals surface area contributed by atoms with Gasteiger partial charge >= 0.3 is 0 Å². The average Bonchev–Trinajstić information content (AvgIpc) is 3.12. The van der Waals surface area contributed by atoms with Crippen LogP contribution in [-0.4, -0.2) is 15.5 Å². The van der Waals surface area contributed by atoms with Gasteiger partial charge in [-0.1, -0.05) is 36.4 Å².